The van der Waals surface area contributed by atoms with E-state index >= 15 is 0 Å². The molecule has 2 heterocycles. The molecule has 2 aromatic heterocycles. The van der Waals surface area contributed by atoms with Crippen LogP contribution in [0.2, 0.25) is 0 Å². The zero-order valence-electron chi connectivity index (χ0n) is 8.47. The van der Waals surface area contributed by atoms with Gasteiger partial charge in [-0.05, 0) is 24.2 Å². The molecule has 0 fully saturated rings. The summed E-state index contributed by atoms with van der Waals surface area (Å²) in [6, 6.07) is 4.76. The normalized spacial score (nSPS) is 9.81. The van der Waals surface area contributed by atoms with Crippen molar-refractivity contribution in [2.24, 2.45) is 0 Å². The van der Waals surface area contributed by atoms with E-state index in [2.05, 4.69) is 30.6 Å². The number of urea groups is 1. The minimum absolute atomic E-state index is 0.286. The van der Waals surface area contributed by atoms with E-state index in [-0.39, 0.29) is 5.82 Å². The van der Waals surface area contributed by atoms with Gasteiger partial charge in [-0.25, -0.2) is 14.4 Å². The Hall–Kier alpha value is -2.44. The molecule has 2 amide bonds. The number of hydrogen-bond acceptors (Lipinski definition) is 5. The Balaban J connectivity index is 1.98. The smallest absolute Gasteiger partial charge is 0.292 e. The lowest BCUT2D eigenvalue weighted by Gasteiger charge is -2.03. The SMILES string of the molecule is Cc1nonc1NC(=O)Nc1ccccn1. The number of carbonyl (C=O) groups excluding carboxylic acids is 1. The number of carbonyl (C=O) groups is 1. The van der Waals surface area contributed by atoms with Crippen LogP contribution in [0, 0.1) is 6.92 Å². The fraction of sp³-hybridized carbons (Fsp3) is 0.111. The van der Waals surface area contributed by atoms with E-state index < -0.39 is 6.03 Å². The van der Waals surface area contributed by atoms with Crippen LogP contribution in [0.4, 0.5) is 16.4 Å². The first-order valence-electron chi connectivity index (χ1n) is 4.54. The average molecular weight is 219 g/mol. The molecule has 16 heavy (non-hydrogen) atoms. The van der Waals surface area contributed by atoms with Gasteiger partial charge in [-0.1, -0.05) is 11.2 Å². The molecule has 7 heteroatoms. The second-order valence-corrected chi connectivity index (χ2v) is 2.99. The molecule has 0 aromatic carbocycles. The fourth-order valence-electron chi connectivity index (χ4n) is 1.04. The number of nitrogens with one attached hydrogen (secondary N) is 2. The summed E-state index contributed by atoms with van der Waals surface area (Å²) in [5.74, 6) is 0.738. The molecule has 0 bridgehead atoms. The summed E-state index contributed by atoms with van der Waals surface area (Å²) in [6.45, 7) is 1.67. The van der Waals surface area contributed by atoms with Crippen molar-refractivity contribution in [3.63, 3.8) is 0 Å². The van der Waals surface area contributed by atoms with Gasteiger partial charge < -0.3 is 0 Å². The first-order valence-corrected chi connectivity index (χ1v) is 4.54. The summed E-state index contributed by atoms with van der Waals surface area (Å²) in [5.41, 5.74) is 0.510. The van der Waals surface area contributed by atoms with Crippen molar-refractivity contribution in [2.75, 3.05) is 10.6 Å². The van der Waals surface area contributed by atoms with E-state index in [0.717, 1.165) is 0 Å². The van der Waals surface area contributed by atoms with Crippen molar-refractivity contribution in [2.45, 2.75) is 6.92 Å². The maximum atomic E-state index is 11.5. The number of amides is 2. The van der Waals surface area contributed by atoms with Crippen molar-refractivity contribution in [1.29, 1.82) is 0 Å². The van der Waals surface area contributed by atoms with E-state index in [0.29, 0.717) is 11.5 Å². The summed E-state index contributed by atoms with van der Waals surface area (Å²) in [7, 11) is 0. The third-order valence-corrected chi connectivity index (χ3v) is 1.79. The molecule has 0 saturated carbocycles. The summed E-state index contributed by atoms with van der Waals surface area (Å²) < 4.78 is 4.44. The highest BCUT2D eigenvalue weighted by Crippen LogP contribution is 2.07. The molecular weight excluding hydrogens is 210 g/mol. The molecule has 2 rings (SSSR count). The monoisotopic (exact) mass is 219 g/mol. The van der Waals surface area contributed by atoms with Crippen LogP contribution < -0.4 is 10.6 Å². The number of anilines is 2. The number of aromatic nitrogens is 3. The number of aryl methyl sites for hydroxylation is 1. The third-order valence-electron chi connectivity index (χ3n) is 1.79. The molecule has 7 nitrogen and oxygen atoms in total. The van der Waals surface area contributed by atoms with Crippen LogP contribution >= 0.6 is 0 Å². The van der Waals surface area contributed by atoms with Gasteiger partial charge in [-0.2, -0.15) is 0 Å². The lowest BCUT2D eigenvalue weighted by Crippen LogP contribution is -2.20. The number of nitrogens with zero attached hydrogens (tertiary/aromatic N) is 3. The molecule has 0 spiro atoms. The predicted molar refractivity (Wildman–Crippen MR) is 55.9 cm³/mol. The molecule has 0 aliphatic rings. The van der Waals surface area contributed by atoms with Crippen LogP contribution in [0.15, 0.2) is 29.0 Å². The van der Waals surface area contributed by atoms with Gasteiger partial charge in [-0.3, -0.25) is 10.6 Å². The Kier molecular flexibility index (Phi) is 2.77. The molecule has 2 N–H and O–H groups in total. The van der Waals surface area contributed by atoms with E-state index in [1.807, 2.05) is 0 Å². The average Bonchev–Trinajstić information content (AvgIpc) is 2.66. The highest BCUT2D eigenvalue weighted by atomic mass is 16.6. The zero-order valence-corrected chi connectivity index (χ0v) is 8.47. The molecule has 0 atom stereocenters. The summed E-state index contributed by atoms with van der Waals surface area (Å²) in [5, 5.41) is 12.1. The number of rotatable bonds is 2. The number of pyridine rings is 1. The van der Waals surface area contributed by atoms with Gasteiger partial charge in [0.1, 0.15) is 11.5 Å². The topological polar surface area (TPSA) is 92.9 Å². The Morgan fingerprint density at radius 2 is 2.19 bits per heavy atom. The van der Waals surface area contributed by atoms with Crippen molar-refractivity contribution in [3.05, 3.63) is 30.1 Å². The van der Waals surface area contributed by atoms with Gasteiger partial charge in [0.05, 0.1) is 0 Å². The molecule has 0 aliphatic carbocycles. The van der Waals surface area contributed by atoms with Crippen LogP contribution in [-0.4, -0.2) is 21.3 Å². The van der Waals surface area contributed by atoms with E-state index in [1.54, 1.807) is 31.3 Å². The molecule has 0 saturated heterocycles. The lowest BCUT2D eigenvalue weighted by molar-refractivity contribution is 0.261. The van der Waals surface area contributed by atoms with Gasteiger partial charge in [-0.15, -0.1) is 0 Å². The molecule has 82 valence electrons. The quantitative estimate of drug-likeness (QED) is 0.796. The maximum absolute atomic E-state index is 11.5. The van der Waals surface area contributed by atoms with Crippen LogP contribution in [0.1, 0.15) is 5.69 Å². The van der Waals surface area contributed by atoms with E-state index in [9.17, 15) is 4.79 Å². The van der Waals surface area contributed by atoms with Crippen LogP contribution in [0.5, 0.6) is 0 Å². The van der Waals surface area contributed by atoms with Crippen LogP contribution in [0.3, 0.4) is 0 Å². The first kappa shape index (κ1) is 10.1. The standard InChI is InChI=1S/C9H9N5O2/c1-6-8(14-16-13-6)12-9(15)11-7-4-2-3-5-10-7/h2-5H,1H3,(H2,10,11,12,14,15). The molecule has 0 radical (unpaired) electrons. The van der Waals surface area contributed by atoms with Gasteiger partial charge >= 0.3 is 6.03 Å². The molecule has 2 aromatic rings. The Labute approximate surface area is 90.8 Å². The highest BCUT2D eigenvalue weighted by Gasteiger charge is 2.09. The van der Waals surface area contributed by atoms with E-state index in [1.165, 1.54) is 0 Å². The molecule has 0 aliphatic heterocycles. The Morgan fingerprint density at radius 1 is 1.31 bits per heavy atom. The fourth-order valence-corrected chi connectivity index (χ4v) is 1.04. The van der Waals surface area contributed by atoms with Crippen molar-refractivity contribution < 1.29 is 9.42 Å². The van der Waals surface area contributed by atoms with Gasteiger partial charge in [0.25, 0.3) is 0 Å². The summed E-state index contributed by atoms with van der Waals surface area (Å²) >= 11 is 0. The second kappa shape index (κ2) is 4.39. The van der Waals surface area contributed by atoms with Crippen molar-refractivity contribution in [1.82, 2.24) is 15.3 Å². The third kappa shape index (κ3) is 2.32. The molecule has 0 unspecified atom stereocenters. The summed E-state index contributed by atoms with van der Waals surface area (Å²) in [4.78, 5) is 15.4. The highest BCUT2D eigenvalue weighted by molar-refractivity contribution is 5.98. The second-order valence-electron chi connectivity index (χ2n) is 2.99. The van der Waals surface area contributed by atoms with Gasteiger partial charge in [0.2, 0.25) is 5.82 Å². The van der Waals surface area contributed by atoms with Gasteiger partial charge in [0, 0.05) is 6.20 Å². The predicted octanol–water partition coefficient (Wildman–Crippen LogP) is 1.42. The first-order chi connectivity index (χ1) is 7.75. The minimum Gasteiger partial charge on any atom is -0.292 e. The minimum atomic E-state index is -0.447. The Morgan fingerprint density at radius 3 is 2.81 bits per heavy atom. The van der Waals surface area contributed by atoms with Crippen molar-refractivity contribution in [3.8, 4) is 0 Å². The van der Waals surface area contributed by atoms with Gasteiger partial charge in [0.15, 0.2) is 0 Å². The largest absolute Gasteiger partial charge is 0.326 e. The molecular formula is C9H9N5O2. The maximum Gasteiger partial charge on any atom is 0.326 e. The van der Waals surface area contributed by atoms with Crippen molar-refractivity contribution >= 4 is 17.7 Å². The summed E-state index contributed by atoms with van der Waals surface area (Å²) in [6.07, 6.45) is 1.58. The van der Waals surface area contributed by atoms with Crippen LogP contribution in [0.25, 0.3) is 0 Å². The Bertz CT molecular complexity index is 482. The van der Waals surface area contributed by atoms with Crippen LogP contribution in [-0.2, 0) is 0 Å². The van der Waals surface area contributed by atoms with E-state index in [4.69, 9.17) is 0 Å². The number of hydrogen-bond donors (Lipinski definition) is 2. The zero-order chi connectivity index (χ0) is 11.4. The lowest BCUT2D eigenvalue weighted by atomic mass is 10.4.